The van der Waals surface area contributed by atoms with E-state index in [1.54, 1.807) is 13.8 Å². The van der Waals surface area contributed by atoms with Crippen molar-refractivity contribution in [1.29, 1.82) is 0 Å². The second-order valence-corrected chi connectivity index (χ2v) is 6.61. The summed E-state index contributed by atoms with van der Waals surface area (Å²) in [6.07, 6.45) is -2.11. The van der Waals surface area contributed by atoms with Gasteiger partial charge in [-0.05, 0) is 39.5 Å². The van der Waals surface area contributed by atoms with Gasteiger partial charge in [-0.3, -0.25) is 0 Å². The molecule has 1 aromatic rings. The lowest BCUT2D eigenvalue weighted by atomic mass is 9.86. The summed E-state index contributed by atoms with van der Waals surface area (Å²) in [5.41, 5.74) is -0.812. The van der Waals surface area contributed by atoms with E-state index in [2.05, 4.69) is 10.3 Å². The molecule has 0 atom stereocenters. The van der Waals surface area contributed by atoms with Crippen molar-refractivity contribution >= 4 is 17.4 Å². The van der Waals surface area contributed by atoms with Crippen LogP contribution in [0.2, 0.25) is 0 Å². The van der Waals surface area contributed by atoms with Gasteiger partial charge in [-0.2, -0.15) is 13.2 Å². The first kappa shape index (κ1) is 17.1. The molecule has 1 fully saturated rings. The Balaban J connectivity index is 1.84. The molecular formula is C14H19F3N2O2S. The molecule has 0 aromatic carbocycles. The van der Waals surface area contributed by atoms with Crippen molar-refractivity contribution in [3.8, 4) is 0 Å². The molecule has 0 aliphatic heterocycles. The zero-order valence-corrected chi connectivity index (χ0v) is 13.3. The Labute approximate surface area is 131 Å². The Morgan fingerprint density at radius 3 is 2.50 bits per heavy atom. The molecule has 1 aromatic heterocycles. The molecule has 2 rings (SSSR count). The summed E-state index contributed by atoms with van der Waals surface area (Å²) in [7, 11) is 0. The molecule has 1 aliphatic rings. The number of alkyl halides is 3. The number of carbonyl (C=O) groups is 1. The highest BCUT2D eigenvalue weighted by molar-refractivity contribution is 7.09. The minimum absolute atomic E-state index is 0.0181. The lowest BCUT2D eigenvalue weighted by Gasteiger charge is -2.28. The monoisotopic (exact) mass is 336 g/mol. The van der Waals surface area contributed by atoms with Crippen LogP contribution in [0, 0.1) is 0 Å². The van der Waals surface area contributed by atoms with Crippen LogP contribution in [0.3, 0.4) is 0 Å². The molecular weight excluding hydrogens is 317 g/mol. The lowest BCUT2D eigenvalue weighted by Crippen LogP contribution is -2.38. The molecule has 124 valence electrons. The third-order valence-corrected chi connectivity index (χ3v) is 4.56. The van der Waals surface area contributed by atoms with Gasteiger partial charge in [0.1, 0.15) is 0 Å². The first-order chi connectivity index (χ1) is 10.3. The van der Waals surface area contributed by atoms with Gasteiger partial charge in [0.2, 0.25) is 0 Å². The van der Waals surface area contributed by atoms with Gasteiger partial charge in [-0.1, -0.05) is 0 Å². The van der Waals surface area contributed by atoms with Crippen LogP contribution in [-0.4, -0.2) is 23.2 Å². The molecule has 0 spiro atoms. The van der Waals surface area contributed by atoms with E-state index in [0.717, 1.165) is 42.4 Å². The largest absolute Gasteiger partial charge is 0.447 e. The van der Waals surface area contributed by atoms with Gasteiger partial charge >= 0.3 is 12.3 Å². The number of nitrogens with zero attached hydrogens (tertiary/aromatic N) is 1. The van der Waals surface area contributed by atoms with Gasteiger partial charge in [0.05, 0.1) is 11.1 Å². The molecule has 8 heteroatoms. The van der Waals surface area contributed by atoms with Crippen LogP contribution in [0.25, 0.3) is 0 Å². The third-order valence-electron chi connectivity index (χ3n) is 3.55. The van der Waals surface area contributed by atoms with Crippen LogP contribution < -0.4 is 5.32 Å². The van der Waals surface area contributed by atoms with Crippen molar-refractivity contribution in [2.75, 3.05) is 0 Å². The van der Waals surface area contributed by atoms with E-state index >= 15 is 0 Å². The summed E-state index contributed by atoms with van der Waals surface area (Å²) in [4.78, 5) is 15.2. The highest BCUT2D eigenvalue weighted by Crippen LogP contribution is 2.37. The number of hydrogen-bond acceptors (Lipinski definition) is 4. The van der Waals surface area contributed by atoms with E-state index in [0.29, 0.717) is 5.01 Å². The number of halogens is 3. The molecule has 1 aliphatic carbocycles. The molecule has 1 N–H and O–H groups in total. The molecule has 22 heavy (non-hydrogen) atoms. The minimum Gasteiger partial charge on any atom is -0.447 e. The smallest absolute Gasteiger partial charge is 0.434 e. The first-order valence-electron chi connectivity index (χ1n) is 7.25. The Hall–Kier alpha value is -1.31. The maximum atomic E-state index is 12.6. The van der Waals surface area contributed by atoms with Crippen LogP contribution in [0.15, 0.2) is 5.38 Å². The zero-order chi connectivity index (χ0) is 16.3. The van der Waals surface area contributed by atoms with E-state index in [1.807, 2.05) is 0 Å². The molecule has 1 saturated carbocycles. The third kappa shape index (κ3) is 4.59. The first-order valence-corrected chi connectivity index (χ1v) is 8.13. The number of rotatable bonds is 3. The number of carbonyl (C=O) groups excluding carboxylic acids is 1. The molecule has 1 amide bonds. The van der Waals surface area contributed by atoms with Crippen LogP contribution >= 0.6 is 11.3 Å². The maximum absolute atomic E-state index is 12.6. The van der Waals surface area contributed by atoms with Gasteiger partial charge in [0, 0.05) is 17.3 Å². The topological polar surface area (TPSA) is 51.2 Å². The van der Waals surface area contributed by atoms with Crippen LogP contribution in [-0.2, 0) is 10.9 Å². The van der Waals surface area contributed by atoms with Gasteiger partial charge in [-0.25, -0.2) is 9.78 Å². The number of ether oxygens (including phenoxy) is 1. The van der Waals surface area contributed by atoms with E-state index in [4.69, 9.17) is 4.74 Å². The van der Waals surface area contributed by atoms with Crippen molar-refractivity contribution in [3.63, 3.8) is 0 Å². The molecule has 0 radical (unpaired) electrons. The normalized spacial score (nSPS) is 22.6. The molecule has 0 unspecified atom stereocenters. The van der Waals surface area contributed by atoms with Gasteiger partial charge < -0.3 is 10.1 Å². The quantitative estimate of drug-likeness (QED) is 0.894. The van der Waals surface area contributed by atoms with Crippen LogP contribution in [0.4, 0.5) is 18.0 Å². The molecule has 0 saturated heterocycles. The minimum atomic E-state index is -4.38. The second kappa shape index (κ2) is 6.85. The fourth-order valence-electron chi connectivity index (χ4n) is 2.50. The summed E-state index contributed by atoms with van der Waals surface area (Å²) >= 11 is 1.06. The van der Waals surface area contributed by atoms with E-state index < -0.39 is 18.0 Å². The zero-order valence-electron chi connectivity index (χ0n) is 12.4. The average Bonchev–Trinajstić information content (AvgIpc) is 2.88. The fourth-order valence-corrected chi connectivity index (χ4v) is 3.50. The summed E-state index contributed by atoms with van der Waals surface area (Å²) in [5.74, 6) is 0.0419. The van der Waals surface area contributed by atoms with Crippen molar-refractivity contribution < 1.29 is 22.7 Å². The van der Waals surface area contributed by atoms with E-state index in [9.17, 15) is 18.0 Å². The number of alkyl carbamates (subject to hydrolysis) is 1. The standard InChI is InChI=1S/C14H19F3N2O2S/c1-8(2)21-13(20)18-10-5-3-9(4-6-10)12-19-11(7-22-12)14(15,16)17/h7-10H,3-6H2,1-2H3,(H,18,20). The van der Waals surface area contributed by atoms with Crippen molar-refractivity contribution in [3.05, 3.63) is 16.1 Å². The van der Waals surface area contributed by atoms with Crippen LogP contribution in [0.1, 0.15) is 56.2 Å². The van der Waals surface area contributed by atoms with Crippen molar-refractivity contribution in [2.24, 2.45) is 0 Å². The summed E-state index contributed by atoms with van der Waals surface area (Å²) in [6, 6.07) is 0.0181. The summed E-state index contributed by atoms with van der Waals surface area (Å²) in [5, 5.41) is 4.40. The number of amides is 1. The number of nitrogens with one attached hydrogen (secondary N) is 1. The van der Waals surface area contributed by atoms with E-state index in [1.165, 1.54) is 0 Å². The Bertz CT molecular complexity index is 508. The summed E-state index contributed by atoms with van der Waals surface area (Å²) in [6.45, 7) is 3.55. The SMILES string of the molecule is CC(C)OC(=O)NC1CCC(c2nc(C(F)(F)F)cs2)CC1. The Morgan fingerprint density at radius 1 is 1.36 bits per heavy atom. The fraction of sp³-hybridized carbons (Fsp3) is 0.714. The second-order valence-electron chi connectivity index (χ2n) is 5.72. The number of thiazole rings is 1. The lowest BCUT2D eigenvalue weighted by molar-refractivity contribution is -0.140. The van der Waals surface area contributed by atoms with Gasteiger partial charge in [0.25, 0.3) is 0 Å². The maximum Gasteiger partial charge on any atom is 0.434 e. The number of hydrogen-bond donors (Lipinski definition) is 1. The van der Waals surface area contributed by atoms with E-state index in [-0.39, 0.29) is 18.1 Å². The molecule has 0 bridgehead atoms. The van der Waals surface area contributed by atoms with Gasteiger partial charge in [-0.15, -0.1) is 11.3 Å². The Morgan fingerprint density at radius 2 is 2.00 bits per heavy atom. The number of aromatic nitrogens is 1. The van der Waals surface area contributed by atoms with Crippen LogP contribution in [0.5, 0.6) is 0 Å². The predicted molar refractivity (Wildman–Crippen MR) is 76.9 cm³/mol. The van der Waals surface area contributed by atoms with Gasteiger partial charge in [0.15, 0.2) is 5.69 Å². The highest BCUT2D eigenvalue weighted by Gasteiger charge is 2.35. The summed E-state index contributed by atoms with van der Waals surface area (Å²) < 4.78 is 42.7. The highest BCUT2D eigenvalue weighted by atomic mass is 32.1. The molecule has 4 nitrogen and oxygen atoms in total. The van der Waals surface area contributed by atoms with Crippen molar-refractivity contribution in [1.82, 2.24) is 10.3 Å². The predicted octanol–water partition coefficient (Wildman–Crippen LogP) is 4.32. The Kier molecular flexibility index (Phi) is 5.31. The van der Waals surface area contributed by atoms with Crippen molar-refractivity contribution in [2.45, 2.75) is 63.8 Å². The average molecular weight is 336 g/mol. The molecule has 1 heterocycles.